The summed E-state index contributed by atoms with van der Waals surface area (Å²) in [6.07, 6.45) is 4.65. The van der Waals surface area contributed by atoms with Gasteiger partial charge < -0.3 is 10.1 Å². The maximum atomic E-state index is 5.85. The lowest BCUT2D eigenvalue weighted by Gasteiger charge is -2.31. The molecule has 1 aliphatic carbocycles. The van der Waals surface area contributed by atoms with Gasteiger partial charge in [0.05, 0.1) is 0 Å². The number of methoxy groups -OCH3 is 1. The molecule has 1 aliphatic rings. The second-order valence-electron chi connectivity index (χ2n) is 3.42. The zero-order valence-electron chi connectivity index (χ0n) is 7.68. The number of unbranched alkanes of at least 4 members (excludes halogenated alkanes) is 1. The van der Waals surface area contributed by atoms with Crippen LogP contribution in [0.4, 0.5) is 0 Å². The normalized spacial score (nSPS) is 28.5. The third-order valence-corrected chi connectivity index (χ3v) is 2.65. The minimum absolute atomic E-state index is 0.432. The fraction of sp³-hybridized carbons (Fsp3) is 1.00. The highest BCUT2D eigenvalue weighted by atomic mass is 35.5. The van der Waals surface area contributed by atoms with Crippen LogP contribution in [0.15, 0.2) is 0 Å². The van der Waals surface area contributed by atoms with Crippen molar-refractivity contribution in [3.8, 4) is 0 Å². The predicted octanol–water partition coefficient (Wildman–Crippen LogP) is 1.77. The Labute approximate surface area is 79.6 Å². The molecular formula is C9H18ClNO. The zero-order chi connectivity index (χ0) is 8.81. The summed E-state index contributed by atoms with van der Waals surface area (Å²) >= 11 is 5.85. The van der Waals surface area contributed by atoms with Gasteiger partial charge in [0.1, 0.15) is 0 Å². The van der Waals surface area contributed by atoms with E-state index in [4.69, 9.17) is 16.3 Å². The number of nitrogens with one attached hydrogen (secondary N) is 1. The van der Waals surface area contributed by atoms with E-state index in [1.54, 1.807) is 7.11 Å². The van der Waals surface area contributed by atoms with Gasteiger partial charge in [0.2, 0.25) is 0 Å². The lowest BCUT2D eigenvalue weighted by molar-refractivity contribution is 0.191. The van der Waals surface area contributed by atoms with E-state index >= 15 is 0 Å². The minimum Gasteiger partial charge on any atom is -0.385 e. The monoisotopic (exact) mass is 191 g/mol. The molecule has 1 N–H and O–H groups in total. The summed E-state index contributed by atoms with van der Waals surface area (Å²) in [5.41, 5.74) is 0. The third-order valence-electron chi connectivity index (χ3n) is 2.29. The topological polar surface area (TPSA) is 21.3 Å². The summed E-state index contributed by atoms with van der Waals surface area (Å²) in [5.74, 6) is 0. The molecule has 1 rings (SSSR count). The molecule has 12 heavy (non-hydrogen) atoms. The predicted molar refractivity (Wildman–Crippen MR) is 51.8 cm³/mol. The molecule has 0 bridgehead atoms. The van der Waals surface area contributed by atoms with Gasteiger partial charge in [-0.25, -0.2) is 0 Å². The van der Waals surface area contributed by atoms with Crippen molar-refractivity contribution in [2.45, 2.75) is 37.1 Å². The molecule has 3 heteroatoms. The molecule has 0 amide bonds. The van der Waals surface area contributed by atoms with Crippen molar-refractivity contribution in [3.63, 3.8) is 0 Å². The number of hydrogen-bond donors (Lipinski definition) is 1. The average Bonchev–Trinajstić information content (AvgIpc) is 2.00. The second kappa shape index (κ2) is 5.79. The Balaban J connectivity index is 1.77. The molecule has 0 saturated heterocycles. The maximum absolute atomic E-state index is 5.85. The molecule has 0 aromatic heterocycles. The van der Waals surface area contributed by atoms with E-state index in [0.717, 1.165) is 32.4 Å². The second-order valence-corrected chi connectivity index (χ2v) is 4.04. The van der Waals surface area contributed by atoms with Gasteiger partial charge in [0.25, 0.3) is 0 Å². The van der Waals surface area contributed by atoms with Gasteiger partial charge in [-0.1, -0.05) is 0 Å². The highest BCUT2D eigenvalue weighted by molar-refractivity contribution is 6.21. The third kappa shape index (κ3) is 3.74. The van der Waals surface area contributed by atoms with Crippen LogP contribution in [0.3, 0.4) is 0 Å². The molecule has 1 saturated carbocycles. The van der Waals surface area contributed by atoms with Crippen molar-refractivity contribution in [2.75, 3.05) is 20.3 Å². The number of hydrogen-bond acceptors (Lipinski definition) is 2. The van der Waals surface area contributed by atoms with Crippen LogP contribution in [-0.2, 0) is 4.74 Å². The van der Waals surface area contributed by atoms with Gasteiger partial charge in [0.15, 0.2) is 0 Å². The van der Waals surface area contributed by atoms with Crippen LogP contribution in [0.2, 0.25) is 0 Å². The van der Waals surface area contributed by atoms with E-state index < -0.39 is 0 Å². The first-order chi connectivity index (χ1) is 5.83. The number of ether oxygens (including phenoxy) is 1. The van der Waals surface area contributed by atoms with Crippen LogP contribution in [0, 0.1) is 0 Å². The molecule has 0 heterocycles. The quantitative estimate of drug-likeness (QED) is 0.511. The Hall–Kier alpha value is 0.210. The zero-order valence-corrected chi connectivity index (χ0v) is 8.44. The lowest BCUT2D eigenvalue weighted by atomic mass is 9.92. The molecule has 1 fully saturated rings. The van der Waals surface area contributed by atoms with Crippen LogP contribution >= 0.6 is 11.6 Å². The molecule has 72 valence electrons. The van der Waals surface area contributed by atoms with Crippen LogP contribution in [0.1, 0.15) is 25.7 Å². The van der Waals surface area contributed by atoms with Crippen molar-refractivity contribution in [2.24, 2.45) is 0 Å². The number of alkyl halides is 1. The SMILES string of the molecule is COCCCCNC1CC(Cl)C1. The van der Waals surface area contributed by atoms with Crippen LogP contribution in [0.25, 0.3) is 0 Å². The highest BCUT2D eigenvalue weighted by Gasteiger charge is 2.25. The fourth-order valence-electron chi connectivity index (χ4n) is 1.39. The van der Waals surface area contributed by atoms with Crippen LogP contribution in [0.5, 0.6) is 0 Å². The summed E-state index contributed by atoms with van der Waals surface area (Å²) < 4.78 is 4.96. The Kier molecular flexibility index (Phi) is 4.96. The molecule has 0 atom stereocenters. The lowest BCUT2D eigenvalue weighted by Crippen LogP contribution is -2.42. The van der Waals surface area contributed by atoms with Crippen LogP contribution < -0.4 is 5.32 Å². The molecule has 0 aromatic rings. The summed E-state index contributed by atoms with van der Waals surface area (Å²) in [7, 11) is 1.75. The molecular weight excluding hydrogens is 174 g/mol. The number of halogens is 1. The van der Waals surface area contributed by atoms with Crippen molar-refractivity contribution in [1.29, 1.82) is 0 Å². The van der Waals surface area contributed by atoms with E-state index in [2.05, 4.69) is 5.32 Å². The van der Waals surface area contributed by atoms with Crippen molar-refractivity contribution in [3.05, 3.63) is 0 Å². The summed E-state index contributed by atoms with van der Waals surface area (Å²) in [6.45, 7) is 1.99. The molecule has 2 nitrogen and oxygen atoms in total. The Morgan fingerprint density at radius 1 is 1.42 bits per heavy atom. The van der Waals surface area contributed by atoms with Crippen molar-refractivity contribution < 1.29 is 4.74 Å². The first-order valence-electron chi connectivity index (χ1n) is 4.69. The fourth-order valence-corrected chi connectivity index (χ4v) is 1.82. The standard InChI is InChI=1S/C9H18ClNO/c1-12-5-3-2-4-11-9-6-8(10)7-9/h8-9,11H,2-7H2,1H3. The molecule has 0 aromatic carbocycles. The largest absolute Gasteiger partial charge is 0.385 e. The molecule has 0 radical (unpaired) electrons. The summed E-state index contributed by atoms with van der Waals surface area (Å²) in [5, 5.41) is 3.90. The first kappa shape index (κ1) is 10.3. The van der Waals surface area contributed by atoms with Gasteiger partial charge in [0, 0.05) is 25.1 Å². The highest BCUT2D eigenvalue weighted by Crippen LogP contribution is 2.24. The molecule has 0 unspecified atom stereocenters. The number of rotatable bonds is 6. The van der Waals surface area contributed by atoms with Crippen LogP contribution in [-0.4, -0.2) is 31.7 Å². The Morgan fingerprint density at radius 2 is 2.17 bits per heavy atom. The maximum Gasteiger partial charge on any atom is 0.0462 e. The van der Waals surface area contributed by atoms with E-state index in [-0.39, 0.29) is 0 Å². The first-order valence-corrected chi connectivity index (χ1v) is 5.13. The Bertz CT molecular complexity index is 115. The molecule has 0 spiro atoms. The van der Waals surface area contributed by atoms with Gasteiger partial charge in [-0.2, -0.15) is 0 Å². The summed E-state index contributed by atoms with van der Waals surface area (Å²) in [4.78, 5) is 0. The van der Waals surface area contributed by atoms with Crippen molar-refractivity contribution in [1.82, 2.24) is 5.32 Å². The summed E-state index contributed by atoms with van der Waals surface area (Å²) in [6, 6.07) is 0.690. The van der Waals surface area contributed by atoms with Crippen molar-refractivity contribution >= 4 is 11.6 Å². The smallest absolute Gasteiger partial charge is 0.0462 e. The van der Waals surface area contributed by atoms with Gasteiger partial charge in [-0.15, -0.1) is 11.6 Å². The van der Waals surface area contributed by atoms with Gasteiger partial charge in [-0.3, -0.25) is 0 Å². The molecule has 0 aliphatic heterocycles. The van der Waals surface area contributed by atoms with Gasteiger partial charge in [-0.05, 0) is 32.2 Å². The van der Waals surface area contributed by atoms with E-state index in [1.165, 1.54) is 6.42 Å². The van der Waals surface area contributed by atoms with E-state index in [0.29, 0.717) is 11.4 Å². The Morgan fingerprint density at radius 3 is 2.75 bits per heavy atom. The average molecular weight is 192 g/mol. The minimum atomic E-state index is 0.432. The van der Waals surface area contributed by atoms with E-state index in [9.17, 15) is 0 Å². The van der Waals surface area contributed by atoms with Gasteiger partial charge >= 0.3 is 0 Å². The van der Waals surface area contributed by atoms with E-state index in [1.807, 2.05) is 0 Å².